The van der Waals surface area contributed by atoms with Gasteiger partial charge in [-0.3, -0.25) is 14.7 Å². The highest BCUT2D eigenvalue weighted by Gasteiger charge is 2.27. The molecule has 1 aliphatic carbocycles. The SMILES string of the molecule is CNS(=O)(=O)c1ccc(N(C(=O)c2ccccn2)c2cccc(-c3nncn3C3CC3)c2)cc1. The van der Waals surface area contributed by atoms with Gasteiger partial charge in [-0.25, -0.2) is 13.1 Å². The largest absolute Gasteiger partial charge is 0.310 e. The Balaban J connectivity index is 1.59. The number of rotatable bonds is 7. The number of carbonyl (C=O) groups is 1. The second kappa shape index (κ2) is 8.81. The standard InChI is InChI=1S/C24H22N6O3S/c1-25-34(32,33)21-12-10-19(11-13-21)30(24(31)22-7-2-3-14-26-22)20-6-4-5-17(15-20)23-28-27-16-29(23)18-8-9-18/h2-7,10-16,18,25H,8-9H2,1H3. The van der Waals surface area contributed by atoms with Crippen LogP contribution in [-0.2, 0) is 10.0 Å². The lowest BCUT2D eigenvalue weighted by atomic mass is 10.1. The van der Waals surface area contributed by atoms with Crippen molar-refractivity contribution in [3.63, 3.8) is 0 Å². The molecule has 34 heavy (non-hydrogen) atoms. The van der Waals surface area contributed by atoms with E-state index in [9.17, 15) is 13.2 Å². The molecule has 2 aromatic heterocycles. The van der Waals surface area contributed by atoms with Crippen LogP contribution in [0.5, 0.6) is 0 Å². The van der Waals surface area contributed by atoms with Crippen molar-refractivity contribution >= 4 is 27.3 Å². The van der Waals surface area contributed by atoms with Gasteiger partial charge >= 0.3 is 0 Å². The van der Waals surface area contributed by atoms with Crippen LogP contribution in [0.4, 0.5) is 11.4 Å². The number of benzene rings is 2. The molecule has 0 saturated heterocycles. The van der Waals surface area contributed by atoms with E-state index in [2.05, 4.69) is 24.5 Å². The maximum atomic E-state index is 13.6. The molecule has 0 radical (unpaired) electrons. The third kappa shape index (κ3) is 4.20. The van der Waals surface area contributed by atoms with Gasteiger partial charge in [0.25, 0.3) is 5.91 Å². The van der Waals surface area contributed by atoms with E-state index in [4.69, 9.17) is 0 Å². The first-order valence-electron chi connectivity index (χ1n) is 10.8. The van der Waals surface area contributed by atoms with E-state index in [0.29, 0.717) is 17.4 Å². The van der Waals surface area contributed by atoms with E-state index in [1.165, 1.54) is 24.1 Å². The fourth-order valence-electron chi connectivity index (χ4n) is 3.73. The van der Waals surface area contributed by atoms with Crippen LogP contribution in [0.3, 0.4) is 0 Å². The lowest BCUT2D eigenvalue weighted by Crippen LogP contribution is -2.27. The first-order valence-corrected chi connectivity index (χ1v) is 12.3. The van der Waals surface area contributed by atoms with E-state index in [1.807, 2.05) is 24.3 Å². The van der Waals surface area contributed by atoms with Gasteiger partial charge in [-0.15, -0.1) is 10.2 Å². The van der Waals surface area contributed by atoms with E-state index < -0.39 is 10.0 Å². The number of pyridine rings is 1. The molecule has 1 fully saturated rings. The van der Waals surface area contributed by atoms with Gasteiger partial charge < -0.3 is 4.57 Å². The number of hydrogen-bond acceptors (Lipinski definition) is 6. The molecule has 0 bridgehead atoms. The maximum absolute atomic E-state index is 13.6. The molecule has 2 heterocycles. The molecule has 1 N–H and O–H groups in total. The Kier molecular flexibility index (Phi) is 5.68. The van der Waals surface area contributed by atoms with Crippen LogP contribution in [0, 0.1) is 0 Å². The van der Waals surface area contributed by atoms with Crippen molar-refractivity contribution in [2.45, 2.75) is 23.8 Å². The molecule has 5 rings (SSSR count). The molecule has 1 aliphatic rings. The van der Waals surface area contributed by atoms with Crippen molar-refractivity contribution in [2.24, 2.45) is 0 Å². The first-order chi connectivity index (χ1) is 16.5. The Bertz CT molecular complexity index is 1430. The summed E-state index contributed by atoms with van der Waals surface area (Å²) in [6, 6.07) is 19.1. The minimum Gasteiger partial charge on any atom is -0.310 e. The monoisotopic (exact) mass is 474 g/mol. The Morgan fingerprint density at radius 3 is 2.50 bits per heavy atom. The van der Waals surface area contributed by atoms with Gasteiger partial charge in [0.15, 0.2) is 5.82 Å². The third-order valence-corrected chi connectivity index (χ3v) is 7.07. The molecule has 0 unspecified atom stereocenters. The fraction of sp³-hybridized carbons (Fsp3) is 0.167. The fourth-order valence-corrected chi connectivity index (χ4v) is 4.46. The number of amides is 1. The molecule has 9 nitrogen and oxygen atoms in total. The number of nitrogens with zero attached hydrogens (tertiary/aromatic N) is 5. The molecule has 0 aliphatic heterocycles. The Morgan fingerprint density at radius 1 is 1.03 bits per heavy atom. The molecule has 1 saturated carbocycles. The van der Waals surface area contributed by atoms with Crippen molar-refractivity contribution in [1.29, 1.82) is 0 Å². The minimum atomic E-state index is -3.60. The second-order valence-electron chi connectivity index (χ2n) is 7.90. The van der Waals surface area contributed by atoms with Gasteiger partial charge in [0.05, 0.1) is 10.6 Å². The van der Waals surface area contributed by atoms with Crippen molar-refractivity contribution in [1.82, 2.24) is 24.5 Å². The van der Waals surface area contributed by atoms with Gasteiger partial charge in [-0.05, 0) is 68.4 Å². The van der Waals surface area contributed by atoms with Crippen molar-refractivity contribution in [3.05, 3.63) is 84.9 Å². The van der Waals surface area contributed by atoms with Crippen molar-refractivity contribution < 1.29 is 13.2 Å². The number of anilines is 2. The summed E-state index contributed by atoms with van der Waals surface area (Å²) in [5.74, 6) is 0.399. The van der Waals surface area contributed by atoms with Crippen LogP contribution < -0.4 is 9.62 Å². The van der Waals surface area contributed by atoms with Crippen LogP contribution in [0.1, 0.15) is 29.4 Å². The zero-order valence-corrected chi connectivity index (χ0v) is 19.2. The normalized spacial score (nSPS) is 13.6. The molecule has 10 heteroatoms. The van der Waals surface area contributed by atoms with Crippen LogP contribution in [0.2, 0.25) is 0 Å². The zero-order chi connectivity index (χ0) is 23.7. The predicted octanol–water partition coefficient (Wildman–Crippen LogP) is 3.56. The average molecular weight is 475 g/mol. The van der Waals surface area contributed by atoms with Gasteiger partial charge in [-0.1, -0.05) is 18.2 Å². The van der Waals surface area contributed by atoms with E-state index in [1.54, 1.807) is 42.9 Å². The predicted molar refractivity (Wildman–Crippen MR) is 127 cm³/mol. The molecular weight excluding hydrogens is 452 g/mol. The molecular formula is C24H22N6O3S. The Hall–Kier alpha value is -3.89. The summed E-state index contributed by atoms with van der Waals surface area (Å²) in [4.78, 5) is 19.4. The molecule has 4 aromatic rings. The summed E-state index contributed by atoms with van der Waals surface area (Å²) < 4.78 is 28.7. The summed E-state index contributed by atoms with van der Waals surface area (Å²) in [6.45, 7) is 0. The van der Waals surface area contributed by atoms with Crippen molar-refractivity contribution in [3.8, 4) is 11.4 Å². The average Bonchev–Trinajstić information content (AvgIpc) is 3.61. The van der Waals surface area contributed by atoms with Gasteiger partial charge in [0, 0.05) is 23.5 Å². The highest BCUT2D eigenvalue weighted by molar-refractivity contribution is 7.89. The van der Waals surface area contributed by atoms with Crippen LogP contribution in [-0.4, -0.2) is 41.1 Å². The van der Waals surface area contributed by atoms with E-state index in [-0.39, 0.29) is 16.5 Å². The van der Waals surface area contributed by atoms with Crippen LogP contribution in [0.15, 0.2) is 84.1 Å². The number of hydrogen-bond donors (Lipinski definition) is 1. The zero-order valence-electron chi connectivity index (χ0n) is 18.4. The number of carbonyl (C=O) groups excluding carboxylic acids is 1. The molecule has 172 valence electrons. The molecule has 2 aromatic carbocycles. The Morgan fingerprint density at radius 2 is 1.82 bits per heavy atom. The topological polar surface area (TPSA) is 110 Å². The van der Waals surface area contributed by atoms with Crippen LogP contribution in [0.25, 0.3) is 11.4 Å². The highest BCUT2D eigenvalue weighted by atomic mass is 32.2. The minimum absolute atomic E-state index is 0.107. The summed E-state index contributed by atoms with van der Waals surface area (Å²) in [5, 5.41) is 8.37. The first kappa shape index (κ1) is 21.9. The summed E-state index contributed by atoms with van der Waals surface area (Å²) >= 11 is 0. The quantitative estimate of drug-likeness (QED) is 0.439. The number of aromatic nitrogens is 4. The van der Waals surface area contributed by atoms with Gasteiger partial charge in [0.2, 0.25) is 10.0 Å². The Labute approximate surface area is 197 Å². The summed E-state index contributed by atoms with van der Waals surface area (Å²) in [5.41, 5.74) is 2.20. The maximum Gasteiger partial charge on any atom is 0.281 e. The smallest absolute Gasteiger partial charge is 0.281 e. The van der Waals surface area contributed by atoms with Crippen LogP contribution >= 0.6 is 0 Å². The third-order valence-electron chi connectivity index (χ3n) is 5.64. The molecule has 1 amide bonds. The number of nitrogens with one attached hydrogen (secondary N) is 1. The second-order valence-corrected chi connectivity index (χ2v) is 9.79. The number of sulfonamides is 1. The molecule has 0 spiro atoms. The lowest BCUT2D eigenvalue weighted by Gasteiger charge is -2.23. The lowest BCUT2D eigenvalue weighted by molar-refractivity contribution is 0.0994. The van der Waals surface area contributed by atoms with E-state index in [0.717, 1.165) is 24.2 Å². The summed E-state index contributed by atoms with van der Waals surface area (Å²) in [6.07, 6.45) is 5.48. The highest BCUT2D eigenvalue weighted by Crippen LogP contribution is 2.38. The van der Waals surface area contributed by atoms with Crippen molar-refractivity contribution in [2.75, 3.05) is 11.9 Å². The summed E-state index contributed by atoms with van der Waals surface area (Å²) in [7, 11) is -2.25. The molecule has 0 atom stereocenters. The van der Waals surface area contributed by atoms with Gasteiger partial charge in [0.1, 0.15) is 12.0 Å². The van der Waals surface area contributed by atoms with E-state index >= 15 is 0 Å². The van der Waals surface area contributed by atoms with Gasteiger partial charge in [-0.2, -0.15) is 0 Å².